The van der Waals surface area contributed by atoms with Gasteiger partial charge in [0.1, 0.15) is 0 Å². The van der Waals surface area contributed by atoms with Crippen molar-refractivity contribution < 1.29 is 19.2 Å². The highest BCUT2D eigenvalue weighted by molar-refractivity contribution is 6.59. The number of aromatic nitrogens is 2. The average Bonchev–Trinajstić information content (AvgIpc) is 2.99. The molecule has 2 heterocycles. The molecule has 0 spiro atoms. The number of fused-ring (bicyclic) bond motifs is 1. The van der Waals surface area contributed by atoms with Gasteiger partial charge in [-0.25, -0.2) is 9.13 Å². The molecule has 0 atom stereocenters. The molecule has 40 heavy (non-hydrogen) atoms. The lowest BCUT2D eigenvalue weighted by atomic mass is 9.77. The van der Waals surface area contributed by atoms with E-state index in [0.29, 0.717) is 12.0 Å². The molecule has 0 radical (unpaired) electrons. The van der Waals surface area contributed by atoms with Gasteiger partial charge in [0.05, 0.1) is 0 Å². The topological polar surface area (TPSA) is 48.2 Å². The largest absolute Gasteiger partial charge is 0.488 e. The van der Waals surface area contributed by atoms with E-state index in [9.17, 15) is 10.0 Å². The van der Waals surface area contributed by atoms with Gasteiger partial charge in [0, 0.05) is 35.4 Å². The fraction of sp³-hybridized carbons (Fsp3) is 0.0857. The number of hydrogen-bond donors (Lipinski definition) is 2. The average molecular weight is 522 g/mol. The van der Waals surface area contributed by atoms with Gasteiger partial charge in [-0.1, -0.05) is 72.8 Å². The molecule has 0 aliphatic carbocycles. The Morgan fingerprint density at radius 2 is 1.00 bits per heavy atom. The van der Waals surface area contributed by atoms with Gasteiger partial charge in [0.15, 0.2) is 37.9 Å². The van der Waals surface area contributed by atoms with E-state index in [4.69, 9.17) is 0 Å². The highest BCUT2D eigenvalue weighted by Crippen LogP contribution is 2.28. The molecule has 6 rings (SSSR count). The molecule has 0 amide bonds. The van der Waals surface area contributed by atoms with Gasteiger partial charge < -0.3 is 10.0 Å². The summed E-state index contributed by atoms with van der Waals surface area (Å²) in [6.45, 7) is 3.59. The molecule has 0 bridgehead atoms. The third-order valence-electron chi connectivity index (χ3n) is 7.59. The van der Waals surface area contributed by atoms with Crippen LogP contribution in [0.2, 0.25) is 0 Å². The Balaban J connectivity index is 1.18. The minimum atomic E-state index is -1.48. The molecule has 194 valence electrons. The number of rotatable bonds is 7. The first kappa shape index (κ1) is 25.7. The standard InChI is InChI=1S/C35H31BN2O2/c1-26-6-2-3-7-33(26)24-37-18-14-27(15-19-37)29-10-12-32-23-30(11-13-31(32)22-29)28-16-20-38(21-17-28)25-34-8-4-5-9-35(34)36(39)40/h2-23,39-40H,24-25H2,1H3/q+2. The Kier molecular flexibility index (Phi) is 7.24. The van der Waals surface area contributed by atoms with Crippen molar-refractivity contribution in [3.8, 4) is 22.3 Å². The molecule has 0 unspecified atom stereocenters. The summed E-state index contributed by atoms with van der Waals surface area (Å²) in [5.74, 6) is 0. The molecule has 4 aromatic carbocycles. The van der Waals surface area contributed by atoms with Gasteiger partial charge in [-0.3, -0.25) is 0 Å². The minimum Gasteiger partial charge on any atom is -0.423 e. The summed E-state index contributed by atoms with van der Waals surface area (Å²) in [6, 6.07) is 37.7. The SMILES string of the molecule is Cc1ccccc1C[n+]1ccc(-c2ccc3cc(-c4cc[n+](Cc5ccccc5B(O)O)cc4)ccc3c2)cc1. The molecular weight excluding hydrogens is 491 g/mol. The molecule has 0 aliphatic heterocycles. The predicted octanol–water partition coefficient (Wildman–Crippen LogP) is 4.83. The fourth-order valence-electron chi connectivity index (χ4n) is 5.23. The summed E-state index contributed by atoms with van der Waals surface area (Å²) >= 11 is 0. The summed E-state index contributed by atoms with van der Waals surface area (Å²) in [7, 11) is -1.48. The molecule has 0 fully saturated rings. The van der Waals surface area contributed by atoms with E-state index in [2.05, 4.69) is 109 Å². The lowest BCUT2D eigenvalue weighted by Gasteiger charge is -2.08. The van der Waals surface area contributed by atoms with Crippen molar-refractivity contribution in [2.75, 3.05) is 0 Å². The molecule has 2 N–H and O–H groups in total. The van der Waals surface area contributed by atoms with Crippen molar-refractivity contribution in [1.82, 2.24) is 0 Å². The van der Waals surface area contributed by atoms with Crippen LogP contribution < -0.4 is 14.6 Å². The van der Waals surface area contributed by atoms with Crippen molar-refractivity contribution in [3.63, 3.8) is 0 Å². The van der Waals surface area contributed by atoms with E-state index in [1.165, 1.54) is 33.0 Å². The Bertz CT molecular complexity index is 1780. The number of hydrogen-bond acceptors (Lipinski definition) is 2. The second-order valence-electron chi connectivity index (χ2n) is 10.3. The van der Waals surface area contributed by atoms with Crippen molar-refractivity contribution >= 4 is 23.4 Å². The van der Waals surface area contributed by atoms with Crippen molar-refractivity contribution in [1.29, 1.82) is 0 Å². The van der Waals surface area contributed by atoms with Crippen LogP contribution in [0.3, 0.4) is 0 Å². The van der Waals surface area contributed by atoms with Gasteiger partial charge in [-0.05, 0) is 63.1 Å². The summed E-state index contributed by atoms with van der Waals surface area (Å²) < 4.78 is 4.26. The predicted molar refractivity (Wildman–Crippen MR) is 161 cm³/mol. The molecule has 6 aromatic rings. The maximum Gasteiger partial charge on any atom is 0.488 e. The monoisotopic (exact) mass is 522 g/mol. The molecule has 4 nitrogen and oxygen atoms in total. The van der Waals surface area contributed by atoms with Crippen LogP contribution >= 0.6 is 0 Å². The first-order valence-electron chi connectivity index (χ1n) is 13.5. The third-order valence-corrected chi connectivity index (χ3v) is 7.59. The summed E-state index contributed by atoms with van der Waals surface area (Å²) in [5, 5.41) is 21.7. The Hall–Kier alpha value is -4.58. The lowest BCUT2D eigenvalue weighted by Crippen LogP contribution is -2.40. The first-order valence-corrected chi connectivity index (χ1v) is 13.5. The number of pyridine rings is 2. The van der Waals surface area contributed by atoms with E-state index < -0.39 is 7.12 Å². The second kappa shape index (κ2) is 11.3. The summed E-state index contributed by atoms with van der Waals surface area (Å²) in [5.41, 5.74) is 8.78. The maximum atomic E-state index is 9.66. The van der Waals surface area contributed by atoms with Gasteiger partial charge in [0.25, 0.3) is 0 Å². The van der Waals surface area contributed by atoms with Gasteiger partial charge in [-0.2, -0.15) is 0 Å². The van der Waals surface area contributed by atoms with Crippen LogP contribution in [0.25, 0.3) is 33.0 Å². The van der Waals surface area contributed by atoms with Crippen LogP contribution in [0.4, 0.5) is 0 Å². The van der Waals surface area contributed by atoms with E-state index in [-0.39, 0.29) is 0 Å². The minimum absolute atomic E-state index is 0.532. The van der Waals surface area contributed by atoms with Gasteiger partial charge >= 0.3 is 7.12 Å². The quantitative estimate of drug-likeness (QED) is 0.233. The highest BCUT2D eigenvalue weighted by Gasteiger charge is 2.17. The van der Waals surface area contributed by atoms with Crippen LogP contribution in [-0.4, -0.2) is 17.2 Å². The van der Waals surface area contributed by atoms with E-state index >= 15 is 0 Å². The van der Waals surface area contributed by atoms with Crippen LogP contribution in [0.1, 0.15) is 16.7 Å². The highest BCUT2D eigenvalue weighted by atomic mass is 16.4. The van der Waals surface area contributed by atoms with Crippen LogP contribution in [0.5, 0.6) is 0 Å². The van der Waals surface area contributed by atoms with E-state index in [1.54, 1.807) is 6.07 Å². The zero-order valence-corrected chi connectivity index (χ0v) is 22.5. The summed E-state index contributed by atoms with van der Waals surface area (Å²) in [6.07, 6.45) is 8.37. The van der Waals surface area contributed by atoms with Crippen molar-refractivity contribution in [2.24, 2.45) is 0 Å². The molecule has 0 aliphatic rings. The lowest BCUT2D eigenvalue weighted by molar-refractivity contribution is -0.688. The number of aryl methyl sites for hydroxylation is 1. The van der Waals surface area contributed by atoms with E-state index in [0.717, 1.165) is 23.2 Å². The van der Waals surface area contributed by atoms with Crippen LogP contribution in [-0.2, 0) is 13.1 Å². The number of nitrogens with zero attached hydrogens (tertiary/aromatic N) is 2. The molecular formula is C35H31BN2O2+2. The van der Waals surface area contributed by atoms with Crippen molar-refractivity contribution in [2.45, 2.75) is 20.0 Å². The Labute approximate surface area is 235 Å². The zero-order valence-electron chi connectivity index (χ0n) is 22.5. The Morgan fingerprint density at radius 3 is 1.52 bits per heavy atom. The molecule has 5 heteroatoms. The van der Waals surface area contributed by atoms with Crippen LogP contribution in [0.15, 0.2) is 134 Å². The zero-order chi connectivity index (χ0) is 27.5. The molecule has 0 saturated heterocycles. The van der Waals surface area contributed by atoms with Gasteiger partial charge in [-0.15, -0.1) is 0 Å². The number of benzene rings is 4. The Morgan fingerprint density at radius 1 is 0.525 bits per heavy atom. The van der Waals surface area contributed by atoms with Gasteiger partial charge in [0.2, 0.25) is 0 Å². The summed E-state index contributed by atoms with van der Waals surface area (Å²) in [4.78, 5) is 0. The van der Waals surface area contributed by atoms with Crippen molar-refractivity contribution in [3.05, 3.63) is 151 Å². The third kappa shape index (κ3) is 5.57. The molecule has 0 saturated carbocycles. The smallest absolute Gasteiger partial charge is 0.423 e. The second-order valence-corrected chi connectivity index (χ2v) is 10.3. The van der Waals surface area contributed by atoms with Crippen LogP contribution in [0, 0.1) is 6.92 Å². The van der Waals surface area contributed by atoms with E-state index in [1.807, 2.05) is 35.2 Å². The molecule has 2 aromatic heterocycles. The first-order chi connectivity index (χ1) is 19.5. The maximum absolute atomic E-state index is 9.66. The normalized spacial score (nSPS) is 11.1. The fourth-order valence-corrected chi connectivity index (χ4v) is 5.23.